The van der Waals surface area contributed by atoms with Crippen molar-refractivity contribution in [1.29, 1.82) is 0 Å². The molecule has 1 fully saturated rings. The van der Waals surface area contributed by atoms with Gasteiger partial charge in [-0.25, -0.2) is 0 Å². The van der Waals surface area contributed by atoms with E-state index in [9.17, 15) is 18.0 Å². The lowest BCUT2D eigenvalue weighted by Gasteiger charge is -2.13. The number of halogens is 3. The van der Waals surface area contributed by atoms with Gasteiger partial charge in [-0.3, -0.25) is 4.79 Å². The third-order valence-electron chi connectivity index (χ3n) is 3.57. The second kappa shape index (κ2) is 5.44. The number of aliphatic hydroxyl groups is 1. The van der Waals surface area contributed by atoms with Crippen molar-refractivity contribution in [1.82, 2.24) is 5.32 Å². The third-order valence-corrected chi connectivity index (χ3v) is 3.57. The zero-order chi connectivity index (χ0) is 14.8. The highest BCUT2D eigenvalue weighted by Crippen LogP contribution is 2.44. The van der Waals surface area contributed by atoms with Gasteiger partial charge in [-0.15, -0.1) is 0 Å². The lowest BCUT2D eigenvalue weighted by Crippen LogP contribution is -2.32. The maximum Gasteiger partial charge on any atom is 0.416 e. The number of rotatable bonds is 5. The van der Waals surface area contributed by atoms with Crippen molar-refractivity contribution in [3.63, 3.8) is 0 Å². The number of hydrogen-bond acceptors (Lipinski definition) is 2. The summed E-state index contributed by atoms with van der Waals surface area (Å²) in [5.74, 6) is -0.330. The molecule has 0 saturated heterocycles. The fourth-order valence-electron chi connectivity index (χ4n) is 1.96. The molecule has 1 saturated carbocycles. The second-order valence-corrected chi connectivity index (χ2v) is 5.31. The van der Waals surface area contributed by atoms with Crippen LogP contribution in [0.15, 0.2) is 24.3 Å². The van der Waals surface area contributed by atoms with Gasteiger partial charge in [0.2, 0.25) is 5.91 Å². The minimum Gasteiger partial charge on any atom is -0.396 e. The van der Waals surface area contributed by atoms with E-state index in [0.29, 0.717) is 12.1 Å². The largest absolute Gasteiger partial charge is 0.416 e. The smallest absolute Gasteiger partial charge is 0.396 e. The third kappa shape index (κ3) is 3.72. The Morgan fingerprint density at radius 1 is 1.35 bits per heavy atom. The molecule has 3 nitrogen and oxygen atoms in total. The number of carbonyl (C=O) groups excluding carboxylic acids is 1. The molecule has 0 spiro atoms. The van der Waals surface area contributed by atoms with Crippen LogP contribution >= 0.6 is 0 Å². The van der Waals surface area contributed by atoms with Gasteiger partial charge < -0.3 is 10.4 Å². The Kier molecular flexibility index (Phi) is 4.04. The first kappa shape index (κ1) is 14.8. The average molecular weight is 287 g/mol. The molecule has 1 aromatic rings. The maximum atomic E-state index is 12.5. The maximum absolute atomic E-state index is 12.5. The standard InChI is InChI=1S/C14H16F3NO2/c15-14(16,17)11-3-1-2-10(6-11)7-12(20)18-8-13(9-19)4-5-13/h1-3,6,19H,4-5,7-9H2,(H,18,20). The van der Waals surface area contributed by atoms with E-state index in [0.717, 1.165) is 25.0 Å². The number of nitrogens with one attached hydrogen (secondary N) is 1. The summed E-state index contributed by atoms with van der Waals surface area (Å²) in [4.78, 5) is 11.7. The van der Waals surface area contributed by atoms with Crippen molar-refractivity contribution >= 4 is 5.91 Å². The summed E-state index contributed by atoms with van der Waals surface area (Å²) in [5.41, 5.74) is -0.633. The summed E-state index contributed by atoms with van der Waals surface area (Å²) in [7, 11) is 0. The first-order valence-electron chi connectivity index (χ1n) is 6.38. The van der Waals surface area contributed by atoms with E-state index >= 15 is 0 Å². The fraction of sp³-hybridized carbons (Fsp3) is 0.500. The van der Waals surface area contributed by atoms with Gasteiger partial charge in [-0.2, -0.15) is 13.2 Å². The Morgan fingerprint density at radius 3 is 2.60 bits per heavy atom. The summed E-state index contributed by atoms with van der Waals surface area (Å²) in [5, 5.41) is 11.8. The molecule has 110 valence electrons. The van der Waals surface area contributed by atoms with Gasteiger partial charge in [0.25, 0.3) is 0 Å². The molecule has 1 aliphatic carbocycles. The zero-order valence-electron chi connectivity index (χ0n) is 10.8. The van der Waals surface area contributed by atoms with Gasteiger partial charge in [0.1, 0.15) is 0 Å². The van der Waals surface area contributed by atoms with Crippen LogP contribution in [0.1, 0.15) is 24.0 Å². The molecule has 1 amide bonds. The molecule has 0 bridgehead atoms. The molecule has 0 atom stereocenters. The lowest BCUT2D eigenvalue weighted by atomic mass is 10.1. The summed E-state index contributed by atoms with van der Waals surface area (Å²) in [6.45, 7) is 0.401. The number of carbonyl (C=O) groups is 1. The van der Waals surface area contributed by atoms with Crippen LogP contribution in [0.4, 0.5) is 13.2 Å². The molecule has 1 aromatic carbocycles. The van der Waals surface area contributed by atoms with Gasteiger partial charge in [0, 0.05) is 12.0 Å². The Bertz CT molecular complexity index is 495. The summed E-state index contributed by atoms with van der Waals surface area (Å²) >= 11 is 0. The molecule has 0 unspecified atom stereocenters. The molecule has 2 N–H and O–H groups in total. The normalized spacial score (nSPS) is 16.8. The molecule has 0 radical (unpaired) electrons. The quantitative estimate of drug-likeness (QED) is 0.871. The number of amides is 1. The summed E-state index contributed by atoms with van der Waals surface area (Å²) < 4.78 is 37.6. The second-order valence-electron chi connectivity index (χ2n) is 5.31. The number of benzene rings is 1. The Hall–Kier alpha value is -1.56. The van der Waals surface area contributed by atoms with E-state index in [4.69, 9.17) is 5.11 Å². The van der Waals surface area contributed by atoms with Crippen LogP contribution in [0.3, 0.4) is 0 Å². The van der Waals surface area contributed by atoms with E-state index in [1.807, 2.05) is 0 Å². The van der Waals surface area contributed by atoms with E-state index in [1.54, 1.807) is 0 Å². The molecule has 1 aliphatic rings. The number of hydrogen-bond donors (Lipinski definition) is 2. The van der Waals surface area contributed by atoms with Gasteiger partial charge in [0.15, 0.2) is 0 Å². The highest BCUT2D eigenvalue weighted by Gasteiger charge is 2.42. The molecule has 0 aliphatic heterocycles. The molecule has 20 heavy (non-hydrogen) atoms. The topological polar surface area (TPSA) is 49.3 Å². The minimum atomic E-state index is -4.40. The Labute approximate surface area is 114 Å². The molecule has 2 rings (SSSR count). The highest BCUT2D eigenvalue weighted by molar-refractivity contribution is 5.78. The SMILES string of the molecule is O=C(Cc1cccc(C(F)(F)F)c1)NCC1(CO)CC1. The zero-order valence-corrected chi connectivity index (χ0v) is 10.8. The lowest BCUT2D eigenvalue weighted by molar-refractivity contribution is -0.137. The van der Waals surface area contributed by atoms with Crippen LogP contribution in [-0.4, -0.2) is 24.2 Å². The van der Waals surface area contributed by atoms with Crippen LogP contribution in [-0.2, 0) is 17.4 Å². The van der Waals surface area contributed by atoms with Crippen molar-refractivity contribution in [3.05, 3.63) is 35.4 Å². The molecule has 0 heterocycles. The van der Waals surface area contributed by atoms with E-state index in [-0.39, 0.29) is 24.3 Å². The predicted molar refractivity (Wildman–Crippen MR) is 66.9 cm³/mol. The monoisotopic (exact) mass is 287 g/mol. The van der Waals surface area contributed by atoms with E-state index in [2.05, 4.69) is 5.32 Å². The van der Waals surface area contributed by atoms with E-state index in [1.165, 1.54) is 12.1 Å². The van der Waals surface area contributed by atoms with Crippen molar-refractivity contribution in [3.8, 4) is 0 Å². The number of alkyl halides is 3. The molecule has 0 aromatic heterocycles. The van der Waals surface area contributed by atoms with Crippen molar-refractivity contribution in [2.75, 3.05) is 13.2 Å². The van der Waals surface area contributed by atoms with Gasteiger partial charge in [0.05, 0.1) is 18.6 Å². The van der Waals surface area contributed by atoms with Crippen LogP contribution in [0, 0.1) is 5.41 Å². The molecular formula is C14H16F3NO2. The highest BCUT2D eigenvalue weighted by atomic mass is 19.4. The van der Waals surface area contributed by atoms with Crippen molar-refractivity contribution in [2.45, 2.75) is 25.4 Å². The van der Waals surface area contributed by atoms with E-state index < -0.39 is 11.7 Å². The van der Waals surface area contributed by atoms with Crippen LogP contribution in [0.2, 0.25) is 0 Å². The first-order valence-corrected chi connectivity index (χ1v) is 6.38. The van der Waals surface area contributed by atoms with Crippen LogP contribution < -0.4 is 5.32 Å². The first-order chi connectivity index (χ1) is 9.35. The predicted octanol–water partition coefficient (Wildman–Crippen LogP) is 2.14. The van der Waals surface area contributed by atoms with Crippen molar-refractivity contribution in [2.24, 2.45) is 5.41 Å². The summed E-state index contributed by atoms with van der Waals surface area (Å²) in [6.07, 6.45) is -2.76. The summed E-state index contributed by atoms with van der Waals surface area (Å²) in [6, 6.07) is 4.75. The van der Waals surface area contributed by atoms with Gasteiger partial charge in [-0.05, 0) is 24.5 Å². The van der Waals surface area contributed by atoms with Gasteiger partial charge in [-0.1, -0.05) is 18.2 Å². The van der Waals surface area contributed by atoms with Crippen molar-refractivity contribution < 1.29 is 23.1 Å². The fourth-order valence-corrected chi connectivity index (χ4v) is 1.96. The number of aliphatic hydroxyl groups excluding tert-OH is 1. The minimum absolute atomic E-state index is 0.0246. The molecule has 6 heteroatoms. The van der Waals surface area contributed by atoms with Gasteiger partial charge >= 0.3 is 6.18 Å². The average Bonchev–Trinajstić information content (AvgIpc) is 3.16. The Balaban J connectivity index is 1.91. The van der Waals surface area contributed by atoms with Crippen LogP contribution in [0.5, 0.6) is 0 Å². The molecular weight excluding hydrogens is 271 g/mol. The van der Waals surface area contributed by atoms with Crippen LogP contribution in [0.25, 0.3) is 0 Å². The Morgan fingerprint density at radius 2 is 2.05 bits per heavy atom.